The molecule has 9 heteroatoms. The highest BCUT2D eigenvalue weighted by atomic mass is 32.2. The Bertz CT molecular complexity index is 907. The maximum atomic E-state index is 13.0. The lowest BCUT2D eigenvalue weighted by Gasteiger charge is -2.26. The molecule has 1 aromatic rings. The van der Waals surface area contributed by atoms with Crippen molar-refractivity contribution in [1.82, 2.24) is 9.62 Å². The second-order valence-corrected chi connectivity index (χ2v) is 10.0. The third kappa shape index (κ3) is 4.04. The molecule has 1 aromatic carbocycles. The number of amides is 2. The first kappa shape index (κ1) is 21.7. The molecule has 1 fully saturated rings. The third-order valence-electron chi connectivity index (χ3n) is 5.64. The molecule has 2 aliphatic rings. The van der Waals surface area contributed by atoms with E-state index in [-0.39, 0.29) is 29.3 Å². The van der Waals surface area contributed by atoms with Gasteiger partial charge in [-0.3, -0.25) is 9.59 Å². The van der Waals surface area contributed by atoms with Gasteiger partial charge in [0.25, 0.3) is 0 Å². The van der Waals surface area contributed by atoms with Gasteiger partial charge in [0, 0.05) is 24.8 Å². The molecule has 0 radical (unpaired) electrons. The fourth-order valence-electron chi connectivity index (χ4n) is 3.63. The van der Waals surface area contributed by atoms with Crippen LogP contribution in [0.15, 0.2) is 23.1 Å². The van der Waals surface area contributed by atoms with Gasteiger partial charge in [0.05, 0.1) is 23.5 Å². The van der Waals surface area contributed by atoms with Crippen LogP contribution in [-0.2, 0) is 29.8 Å². The minimum atomic E-state index is -3.67. The zero-order valence-electron chi connectivity index (χ0n) is 17.4. The van der Waals surface area contributed by atoms with Gasteiger partial charge < -0.3 is 15.0 Å². The topological polar surface area (TPSA) is 96.0 Å². The summed E-state index contributed by atoms with van der Waals surface area (Å²) in [5.74, 6) is -0.450. The molecule has 0 aliphatic carbocycles. The van der Waals surface area contributed by atoms with Crippen LogP contribution in [0, 0.1) is 0 Å². The molecule has 160 valence electrons. The van der Waals surface area contributed by atoms with E-state index >= 15 is 0 Å². The van der Waals surface area contributed by atoms with Crippen LogP contribution in [0.1, 0.15) is 39.7 Å². The Balaban J connectivity index is 1.91. The Morgan fingerprint density at radius 2 is 1.93 bits per heavy atom. The lowest BCUT2D eigenvalue weighted by molar-refractivity contribution is -0.125. The SMILES string of the molecule is CC[C@H](C)NC(=O)CN1C(=O)C(C)(C)c2cc(S(=O)(=O)N3CCOCC3)ccc21. The number of carbonyl (C=O) groups excluding carboxylic acids is 2. The lowest BCUT2D eigenvalue weighted by Crippen LogP contribution is -2.44. The number of morpholine rings is 1. The number of hydrogen-bond acceptors (Lipinski definition) is 5. The van der Waals surface area contributed by atoms with Gasteiger partial charge in [-0.1, -0.05) is 6.92 Å². The molecule has 0 aromatic heterocycles. The number of nitrogens with zero attached hydrogens (tertiary/aromatic N) is 2. The van der Waals surface area contributed by atoms with Gasteiger partial charge in [0.15, 0.2) is 0 Å². The van der Waals surface area contributed by atoms with Crippen molar-refractivity contribution in [1.29, 1.82) is 0 Å². The summed E-state index contributed by atoms with van der Waals surface area (Å²) < 4.78 is 32.6. The molecule has 2 aliphatic heterocycles. The monoisotopic (exact) mass is 423 g/mol. The minimum absolute atomic E-state index is 0.0220. The smallest absolute Gasteiger partial charge is 0.243 e. The molecule has 1 atom stereocenters. The number of rotatable bonds is 6. The summed E-state index contributed by atoms with van der Waals surface area (Å²) in [6, 6.07) is 4.74. The Morgan fingerprint density at radius 3 is 2.55 bits per heavy atom. The van der Waals surface area contributed by atoms with Crippen molar-refractivity contribution in [2.45, 2.75) is 50.5 Å². The highest BCUT2D eigenvalue weighted by Crippen LogP contribution is 2.42. The predicted octanol–water partition coefficient (Wildman–Crippen LogP) is 1.25. The number of hydrogen-bond donors (Lipinski definition) is 1. The second-order valence-electron chi connectivity index (χ2n) is 8.09. The summed E-state index contributed by atoms with van der Waals surface area (Å²) in [6.07, 6.45) is 0.796. The van der Waals surface area contributed by atoms with Crippen LogP contribution in [-0.4, -0.2) is 63.4 Å². The predicted molar refractivity (Wildman–Crippen MR) is 109 cm³/mol. The molecule has 2 amide bonds. The Morgan fingerprint density at radius 1 is 1.28 bits per heavy atom. The van der Waals surface area contributed by atoms with Gasteiger partial charge in [-0.05, 0) is 51.0 Å². The zero-order valence-corrected chi connectivity index (χ0v) is 18.2. The molecular formula is C20H29N3O5S. The Hall–Kier alpha value is -1.97. The summed E-state index contributed by atoms with van der Waals surface area (Å²) in [6.45, 7) is 8.66. The molecule has 1 N–H and O–H groups in total. The van der Waals surface area contributed by atoms with Gasteiger partial charge in [-0.25, -0.2) is 8.42 Å². The molecule has 0 spiro atoms. The van der Waals surface area contributed by atoms with Crippen LogP contribution in [0.3, 0.4) is 0 Å². The van der Waals surface area contributed by atoms with Gasteiger partial charge >= 0.3 is 0 Å². The summed E-state index contributed by atoms with van der Waals surface area (Å²) in [5, 5.41) is 2.87. The maximum absolute atomic E-state index is 13.0. The van der Waals surface area contributed by atoms with Crippen molar-refractivity contribution in [3.8, 4) is 0 Å². The standard InChI is InChI=1S/C20H29N3O5S/c1-5-14(2)21-18(24)13-23-17-7-6-15(12-16(17)20(3,4)19(23)25)29(26,27)22-8-10-28-11-9-22/h6-7,12,14H,5,8-11,13H2,1-4H3,(H,21,24)/t14-/m0/s1. The van der Waals surface area contributed by atoms with Crippen LogP contribution in [0.4, 0.5) is 5.69 Å². The van der Waals surface area contributed by atoms with E-state index in [4.69, 9.17) is 4.74 Å². The highest BCUT2D eigenvalue weighted by molar-refractivity contribution is 7.89. The fourth-order valence-corrected chi connectivity index (χ4v) is 5.07. The Labute approximate surface area is 172 Å². The quantitative estimate of drug-likeness (QED) is 0.743. The highest BCUT2D eigenvalue weighted by Gasteiger charge is 2.45. The summed E-state index contributed by atoms with van der Waals surface area (Å²) >= 11 is 0. The third-order valence-corrected chi connectivity index (χ3v) is 7.54. The van der Waals surface area contributed by atoms with Crippen molar-refractivity contribution in [2.75, 3.05) is 37.7 Å². The number of nitrogens with one attached hydrogen (secondary N) is 1. The number of anilines is 1. The molecule has 0 saturated carbocycles. The molecular weight excluding hydrogens is 394 g/mol. The van der Waals surface area contributed by atoms with Crippen molar-refractivity contribution in [2.24, 2.45) is 0 Å². The van der Waals surface area contributed by atoms with E-state index in [1.165, 1.54) is 15.3 Å². The molecule has 1 saturated heterocycles. The molecule has 8 nitrogen and oxygen atoms in total. The molecule has 3 rings (SSSR count). The average molecular weight is 424 g/mol. The van der Waals surface area contributed by atoms with Gasteiger partial charge in [-0.2, -0.15) is 4.31 Å². The van der Waals surface area contributed by atoms with Crippen molar-refractivity contribution >= 4 is 27.5 Å². The first-order valence-corrected chi connectivity index (χ1v) is 11.4. The number of ether oxygens (including phenoxy) is 1. The van der Waals surface area contributed by atoms with Gasteiger partial charge in [0.1, 0.15) is 6.54 Å². The van der Waals surface area contributed by atoms with E-state index in [9.17, 15) is 18.0 Å². The normalized spacial score (nSPS) is 20.4. The zero-order chi connectivity index (χ0) is 21.4. The maximum Gasteiger partial charge on any atom is 0.243 e. The largest absolute Gasteiger partial charge is 0.379 e. The number of carbonyl (C=O) groups is 2. The van der Waals surface area contributed by atoms with E-state index in [1.54, 1.807) is 26.0 Å². The van der Waals surface area contributed by atoms with Crippen LogP contribution in [0.25, 0.3) is 0 Å². The molecule has 0 unspecified atom stereocenters. The summed E-state index contributed by atoms with van der Waals surface area (Å²) in [7, 11) is -3.67. The van der Waals surface area contributed by atoms with Gasteiger partial charge in [-0.15, -0.1) is 0 Å². The van der Waals surface area contributed by atoms with E-state index in [0.29, 0.717) is 37.6 Å². The molecule has 0 bridgehead atoms. The number of benzene rings is 1. The molecule has 2 heterocycles. The van der Waals surface area contributed by atoms with Crippen LogP contribution in [0.5, 0.6) is 0 Å². The fraction of sp³-hybridized carbons (Fsp3) is 0.600. The van der Waals surface area contributed by atoms with E-state index in [2.05, 4.69) is 5.32 Å². The first-order chi connectivity index (χ1) is 13.6. The minimum Gasteiger partial charge on any atom is -0.379 e. The van der Waals surface area contributed by atoms with Gasteiger partial charge in [0.2, 0.25) is 21.8 Å². The lowest BCUT2D eigenvalue weighted by atomic mass is 9.86. The second kappa shape index (κ2) is 8.04. The van der Waals surface area contributed by atoms with Crippen molar-refractivity contribution < 1.29 is 22.7 Å². The summed E-state index contributed by atoms with van der Waals surface area (Å²) in [5.41, 5.74) is 0.288. The van der Waals surface area contributed by atoms with E-state index in [1.807, 2.05) is 13.8 Å². The number of sulfonamides is 1. The van der Waals surface area contributed by atoms with Crippen LogP contribution >= 0.6 is 0 Å². The Kier molecular flexibility index (Phi) is 6.03. The van der Waals surface area contributed by atoms with E-state index < -0.39 is 15.4 Å². The number of fused-ring (bicyclic) bond motifs is 1. The van der Waals surface area contributed by atoms with E-state index in [0.717, 1.165) is 6.42 Å². The molecule has 29 heavy (non-hydrogen) atoms. The van der Waals surface area contributed by atoms with Crippen LogP contribution < -0.4 is 10.2 Å². The van der Waals surface area contributed by atoms with Crippen LogP contribution in [0.2, 0.25) is 0 Å². The summed E-state index contributed by atoms with van der Waals surface area (Å²) in [4.78, 5) is 27.0. The van der Waals surface area contributed by atoms with Crippen molar-refractivity contribution in [3.05, 3.63) is 23.8 Å². The van der Waals surface area contributed by atoms with Crippen molar-refractivity contribution in [3.63, 3.8) is 0 Å². The first-order valence-electron chi connectivity index (χ1n) is 9.92. The average Bonchev–Trinajstić information content (AvgIpc) is 2.89.